The Bertz CT molecular complexity index is 721. The maximum atomic E-state index is 12.8. The topological polar surface area (TPSA) is 81.4 Å². The molecule has 0 aliphatic heterocycles. The number of benzene rings is 1. The van der Waals surface area contributed by atoms with Crippen molar-refractivity contribution >= 4 is 11.9 Å². The lowest BCUT2D eigenvalue weighted by molar-refractivity contribution is -0.154. The van der Waals surface area contributed by atoms with E-state index in [1.165, 1.54) is 19.1 Å². The molecule has 0 aliphatic carbocycles. The van der Waals surface area contributed by atoms with Gasteiger partial charge in [0.1, 0.15) is 11.6 Å². The Labute approximate surface area is 145 Å². The minimum Gasteiger partial charge on any atom is -0.453 e. The third kappa shape index (κ3) is 5.41. The molecule has 0 fully saturated rings. The fourth-order valence-electron chi connectivity index (χ4n) is 2.33. The minimum absolute atomic E-state index is 0.137. The lowest BCUT2D eigenvalue weighted by atomic mass is 10.1. The first-order valence-electron chi connectivity index (χ1n) is 8.00. The van der Waals surface area contributed by atoms with Gasteiger partial charge in [-0.05, 0) is 44.9 Å². The number of amides is 1. The number of aromatic nitrogens is 1. The molecule has 0 spiro atoms. The maximum absolute atomic E-state index is 12.8. The van der Waals surface area contributed by atoms with Crippen molar-refractivity contribution in [1.29, 1.82) is 0 Å². The number of rotatable bonds is 7. The summed E-state index contributed by atoms with van der Waals surface area (Å²) < 4.78 is 23.0. The van der Waals surface area contributed by atoms with Crippen molar-refractivity contribution in [3.05, 3.63) is 52.7 Å². The van der Waals surface area contributed by atoms with Crippen molar-refractivity contribution in [1.82, 2.24) is 10.5 Å². The number of esters is 1. The average Bonchev–Trinajstić information content (AvgIpc) is 2.90. The van der Waals surface area contributed by atoms with Crippen molar-refractivity contribution < 1.29 is 23.2 Å². The van der Waals surface area contributed by atoms with Gasteiger partial charge >= 0.3 is 5.97 Å². The van der Waals surface area contributed by atoms with Crippen LogP contribution in [0.2, 0.25) is 0 Å². The second-order valence-electron chi connectivity index (χ2n) is 5.78. The lowest BCUT2D eigenvalue weighted by Gasteiger charge is -2.13. The van der Waals surface area contributed by atoms with Crippen LogP contribution in [-0.4, -0.2) is 23.1 Å². The van der Waals surface area contributed by atoms with Gasteiger partial charge in [0.05, 0.1) is 5.69 Å². The number of hydrogen-bond acceptors (Lipinski definition) is 5. The first kappa shape index (κ1) is 18.6. The molecule has 0 aliphatic rings. The molecule has 1 amide bonds. The summed E-state index contributed by atoms with van der Waals surface area (Å²) in [6, 6.07) is 5.80. The zero-order valence-electron chi connectivity index (χ0n) is 14.5. The summed E-state index contributed by atoms with van der Waals surface area (Å²) in [5, 5.41) is 6.47. The van der Waals surface area contributed by atoms with Gasteiger partial charge in [0.15, 0.2) is 6.10 Å². The van der Waals surface area contributed by atoms with E-state index in [0.29, 0.717) is 12.2 Å². The molecule has 1 aromatic carbocycles. The molecule has 0 unspecified atom stereocenters. The highest BCUT2D eigenvalue weighted by atomic mass is 19.1. The molecule has 0 bridgehead atoms. The Balaban J connectivity index is 1.76. The molecular weight excluding hydrogens is 327 g/mol. The monoisotopic (exact) mass is 348 g/mol. The van der Waals surface area contributed by atoms with Crippen molar-refractivity contribution in [2.24, 2.45) is 0 Å². The van der Waals surface area contributed by atoms with Crippen molar-refractivity contribution in [2.75, 3.05) is 0 Å². The first-order valence-corrected chi connectivity index (χ1v) is 8.00. The predicted octanol–water partition coefficient (Wildman–Crippen LogP) is 2.61. The number of ether oxygens (including phenoxy) is 1. The molecule has 2 rings (SSSR count). The fourth-order valence-corrected chi connectivity index (χ4v) is 2.33. The van der Waals surface area contributed by atoms with Crippen molar-refractivity contribution in [3.8, 4) is 0 Å². The summed E-state index contributed by atoms with van der Waals surface area (Å²) in [5.41, 5.74) is 2.38. The number of aryl methyl sites for hydroxylation is 2. The van der Waals surface area contributed by atoms with Crippen LogP contribution in [0.5, 0.6) is 0 Å². The third-order valence-corrected chi connectivity index (χ3v) is 3.82. The summed E-state index contributed by atoms with van der Waals surface area (Å²) in [6.45, 7) is 5.34. The van der Waals surface area contributed by atoms with Crippen LogP contribution in [0, 0.1) is 19.7 Å². The quantitative estimate of drug-likeness (QED) is 0.778. The zero-order chi connectivity index (χ0) is 18.4. The Morgan fingerprint density at radius 1 is 1.28 bits per heavy atom. The first-order chi connectivity index (χ1) is 11.9. The molecule has 0 radical (unpaired) electrons. The largest absolute Gasteiger partial charge is 0.453 e. The summed E-state index contributed by atoms with van der Waals surface area (Å²) >= 11 is 0. The summed E-state index contributed by atoms with van der Waals surface area (Å²) in [5.74, 6) is -0.537. The number of halogens is 1. The van der Waals surface area contributed by atoms with Crippen LogP contribution in [0.1, 0.15) is 35.9 Å². The van der Waals surface area contributed by atoms with Gasteiger partial charge in [0.25, 0.3) is 5.91 Å². The molecule has 6 nitrogen and oxygen atoms in total. The van der Waals surface area contributed by atoms with E-state index < -0.39 is 18.0 Å². The summed E-state index contributed by atoms with van der Waals surface area (Å²) in [7, 11) is 0. The maximum Gasteiger partial charge on any atom is 0.306 e. The van der Waals surface area contributed by atoms with E-state index >= 15 is 0 Å². The molecule has 1 aromatic heterocycles. The molecule has 0 saturated carbocycles. The van der Waals surface area contributed by atoms with Crippen LogP contribution in [0.15, 0.2) is 28.8 Å². The van der Waals surface area contributed by atoms with Gasteiger partial charge in [-0.3, -0.25) is 9.59 Å². The van der Waals surface area contributed by atoms with E-state index in [1.807, 2.05) is 6.92 Å². The smallest absolute Gasteiger partial charge is 0.306 e. The van der Waals surface area contributed by atoms with Gasteiger partial charge in [-0.1, -0.05) is 17.3 Å². The van der Waals surface area contributed by atoms with Gasteiger partial charge in [-0.15, -0.1) is 0 Å². The molecular formula is C18H21FN2O4. The van der Waals surface area contributed by atoms with Crippen LogP contribution >= 0.6 is 0 Å². The van der Waals surface area contributed by atoms with Crippen LogP contribution in [-0.2, 0) is 27.3 Å². The van der Waals surface area contributed by atoms with Crippen LogP contribution in [0.4, 0.5) is 4.39 Å². The molecule has 25 heavy (non-hydrogen) atoms. The normalized spacial score (nSPS) is 11.8. The zero-order valence-corrected chi connectivity index (χ0v) is 14.5. The second-order valence-corrected chi connectivity index (χ2v) is 5.78. The minimum atomic E-state index is -0.905. The molecule has 1 N–H and O–H groups in total. The Kier molecular flexibility index (Phi) is 6.27. The molecule has 7 heteroatoms. The van der Waals surface area contributed by atoms with E-state index in [0.717, 1.165) is 16.8 Å². The summed E-state index contributed by atoms with van der Waals surface area (Å²) in [6.07, 6.45) is -0.319. The number of carbonyl (C=O) groups is 2. The molecule has 1 atom stereocenters. The van der Waals surface area contributed by atoms with Gasteiger partial charge in [-0.25, -0.2) is 4.39 Å². The fraction of sp³-hybridized carbons (Fsp3) is 0.389. The van der Waals surface area contributed by atoms with Crippen molar-refractivity contribution in [3.63, 3.8) is 0 Å². The highest BCUT2D eigenvalue weighted by Gasteiger charge is 2.18. The van der Waals surface area contributed by atoms with Crippen LogP contribution in [0.25, 0.3) is 0 Å². The molecule has 2 aromatic rings. The lowest BCUT2D eigenvalue weighted by Crippen LogP contribution is -2.35. The third-order valence-electron chi connectivity index (χ3n) is 3.82. The van der Waals surface area contributed by atoms with E-state index in [9.17, 15) is 14.0 Å². The predicted molar refractivity (Wildman–Crippen MR) is 88.1 cm³/mol. The van der Waals surface area contributed by atoms with Crippen LogP contribution in [0.3, 0.4) is 0 Å². The number of carbonyl (C=O) groups excluding carboxylic acids is 2. The van der Waals surface area contributed by atoms with Gasteiger partial charge < -0.3 is 14.6 Å². The molecule has 1 heterocycles. The van der Waals surface area contributed by atoms with Crippen LogP contribution < -0.4 is 5.32 Å². The highest BCUT2D eigenvalue weighted by Crippen LogP contribution is 2.14. The standard InChI is InChI=1S/C18H21FN2O4/c1-11-16(12(2)25-21-11)8-9-17(22)24-13(3)18(23)20-10-14-4-6-15(19)7-5-14/h4-7,13H,8-10H2,1-3H3,(H,20,23)/t13-/m0/s1. The van der Waals surface area contributed by atoms with Crippen molar-refractivity contribution in [2.45, 2.75) is 46.3 Å². The molecule has 134 valence electrons. The SMILES string of the molecule is Cc1noc(C)c1CCC(=O)O[C@@H](C)C(=O)NCc1ccc(F)cc1. The Morgan fingerprint density at radius 2 is 1.96 bits per heavy atom. The number of nitrogens with one attached hydrogen (secondary N) is 1. The average molecular weight is 348 g/mol. The second kappa shape index (κ2) is 8.41. The highest BCUT2D eigenvalue weighted by molar-refractivity contribution is 5.83. The summed E-state index contributed by atoms with van der Waals surface area (Å²) in [4.78, 5) is 23.9. The van der Waals surface area contributed by atoms with E-state index in [1.54, 1.807) is 19.1 Å². The van der Waals surface area contributed by atoms with Gasteiger partial charge in [-0.2, -0.15) is 0 Å². The number of hydrogen-bond donors (Lipinski definition) is 1. The Hall–Kier alpha value is -2.70. The van der Waals surface area contributed by atoms with E-state index in [-0.39, 0.29) is 18.8 Å². The Morgan fingerprint density at radius 3 is 2.56 bits per heavy atom. The number of nitrogens with zero attached hydrogens (tertiary/aromatic N) is 1. The van der Waals surface area contributed by atoms with Gasteiger partial charge in [0.2, 0.25) is 0 Å². The van der Waals surface area contributed by atoms with Gasteiger partial charge in [0, 0.05) is 18.5 Å². The van der Waals surface area contributed by atoms with E-state index in [2.05, 4.69) is 10.5 Å². The van der Waals surface area contributed by atoms with E-state index in [4.69, 9.17) is 9.26 Å². The molecule has 0 saturated heterocycles.